The van der Waals surface area contributed by atoms with Crippen LogP contribution < -0.4 is 4.72 Å². The molecule has 0 aromatic carbocycles. The van der Waals surface area contributed by atoms with Crippen LogP contribution in [0.5, 0.6) is 0 Å². The number of thiazole rings is 1. The lowest BCUT2D eigenvalue weighted by Gasteiger charge is -2.03. The minimum absolute atomic E-state index is 0.146. The summed E-state index contributed by atoms with van der Waals surface area (Å²) in [4.78, 5) is 5.27. The van der Waals surface area contributed by atoms with Gasteiger partial charge in [-0.05, 0) is 26.7 Å². The van der Waals surface area contributed by atoms with Gasteiger partial charge in [-0.3, -0.25) is 0 Å². The van der Waals surface area contributed by atoms with Crippen molar-refractivity contribution in [2.75, 3.05) is 0 Å². The first-order valence-corrected chi connectivity index (χ1v) is 7.27. The lowest BCUT2D eigenvalue weighted by Crippen LogP contribution is -2.26. The first-order chi connectivity index (χ1) is 6.99. The van der Waals surface area contributed by atoms with Crippen LogP contribution >= 0.6 is 11.3 Å². The van der Waals surface area contributed by atoms with Gasteiger partial charge in [-0.1, -0.05) is 0 Å². The molecule has 0 unspecified atom stereocenters. The summed E-state index contributed by atoms with van der Waals surface area (Å²) < 4.78 is 25.7. The highest BCUT2D eigenvalue weighted by atomic mass is 32.2. The number of rotatable bonds is 4. The van der Waals surface area contributed by atoms with E-state index in [4.69, 9.17) is 0 Å². The zero-order valence-electron chi connectivity index (χ0n) is 8.78. The molecule has 0 amide bonds. The largest absolute Gasteiger partial charge is 0.247 e. The van der Waals surface area contributed by atoms with E-state index in [0.29, 0.717) is 6.54 Å². The Hall–Kier alpha value is -0.460. The maximum absolute atomic E-state index is 11.6. The van der Waals surface area contributed by atoms with Crippen molar-refractivity contribution in [3.63, 3.8) is 0 Å². The van der Waals surface area contributed by atoms with E-state index in [1.165, 1.54) is 0 Å². The fourth-order valence-electron chi connectivity index (χ4n) is 1.40. The molecule has 1 aliphatic rings. The van der Waals surface area contributed by atoms with Crippen LogP contribution in [0.3, 0.4) is 0 Å². The topological polar surface area (TPSA) is 59.1 Å². The summed E-state index contributed by atoms with van der Waals surface area (Å²) in [5.74, 6) is 0. The predicted molar refractivity (Wildman–Crippen MR) is 60.4 cm³/mol. The quantitative estimate of drug-likeness (QED) is 0.872. The minimum Gasteiger partial charge on any atom is -0.247 e. The van der Waals surface area contributed by atoms with Crippen LogP contribution in [-0.2, 0) is 16.6 Å². The van der Waals surface area contributed by atoms with Crippen LogP contribution in [0, 0.1) is 13.8 Å². The van der Waals surface area contributed by atoms with Gasteiger partial charge in [0.1, 0.15) is 0 Å². The van der Waals surface area contributed by atoms with Crippen molar-refractivity contribution in [1.82, 2.24) is 9.71 Å². The fourth-order valence-corrected chi connectivity index (χ4v) is 3.71. The SMILES string of the molecule is Cc1nc(C)c(CNS(=O)(=O)C2CC2)s1. The fraction of sp³-hybridized carbons (Fsp3) is 0.667. The Balaban J connectivity index is 2.01. The average Bonchev–Trinajstić information content (AvgIpc) is 2.91. The molecule has 1 aromatic rings. The highest BCUT2D eigenvalue weighted by molar-refractivity contribution is 7.90. The Morgan fingerprint density at radius 1 is 1.47 bits per heavy atom. The molecule has 1 saturated carbocycles. The molecule has 0 saturated heterocycles. The van der Waals surface area contributed by atoms with Gasteiger partial charge in [-0.15, -0.1) is 11.3 Å². The van der Waals surface area contributed by atoms with Gasteiger partial charge in [0.05, 0.1) is 16.0 Å². The second-order valence-corrected chi connectivity index (χ2v) is 7.14. The zero-order valence-corrected chi connectivity index (χ0v) is 10.4. The van der Waals surface area contributed by atoms with Gasteiger partial charge < -0.3 is 0 Å². The van der Waals surface area contributed by atoms with E-state index in [1.54, 1.807) is 11.3 Å². The minimum atomic E-state index is -3.06. The van der Waals surface area contributed by atoms with Crippen LogP contribution in [-0.4, -0.2) is 18.7 Å². The number of aromatic nitrogens is 1. The lowest BCUT2D eigenvalue weighted by molar-refractivity contribution is 0.580. The lowest BCUT2D eigenvalue weighted by atomic mass is 10.4. The van der Waals surface area contributed by atoms with Crippen LogP contribution in [0.1, 0.15) is 28.4 Å². The normalized spacial score (nSPS) is 16.9. The molecule has 15 heavy (non-hydrogen) atoms. The Morgan fingerprint density at radius 2 is 2.13 bits per heavy atom. The summed E-state index contributed by atoms with van der Waals surface area (Å²) in [7, 11) is -3.06. The number of hydrogen-bond donors (Lipinski definition) is 1. The Kier molecular flexibility index (Phi) is 2.83. The molecule has 1 fully saturated rings. The Bertz CT molecular complexity index is 460. The first-order valence-electron chi connectivity index (χ1n) is 4.90. The summed E-state index contributed by atoms with van der Waals surface area (Å²) in [6.45, 7) is 4.22. The molecule has 4 nitrogen and oxygen atoms in total. The van der Waals surface area contributed by atoms with Crippen LogP contribution in [0.15, 0.2) is 0 Å². The summed E-state index contributed by atoms with van der Waals surface area (Å²) in [6, 6.07) is 0. The van der Waals surface area contributed by atoms with E-state index in [2.05, 4.69) is 9.71 Å². The Morgan fingerprint density at radius 3 is 2.60 bits per heavy atom. The van der Waals surface area contributed by atoms with Crippen LogP contribution in [0.2, 0.25) is 0 Å². The molecule has 1 N–H and O–H groups in total. The Labute approximate surface area is 93.8 Å². The first kappa shape index (κ1) is 11.0. The molecule has 0 atom stereocenters. The van der Waals surface area contributed by atoms with Crippen molar-refractivity contribution in [1.29, 1.82) is 0 Å². The maximum atomic E-state index is 11.6. The monoisotopic (exact) mass is 246 g/mol. The molecule has 0 bridgehead atoms. The van der Waals surface area contributed by atoms with E-state index < -0.39 is 10.0 Å². The molecular formula is C9H14N2O2S2. The molecule has 1 aliphatic carbocycles. The van der Waals surface area contributed by atoms with Gasteiger partial charge in [-0.2, -0.15) is 0 Å². The third kappa shape index (κ3) is 2.56. The number of sulfonamides is 1. The van der Waals surface area contributed by atoms with E-state index in [0.717, 1.165) is 28.4 Å². The number of nitrogens with one attached hydrogen (secondary N) is 1. The number of nitrogens with zero attached hydrogens (tertiary/aromatic N) is 1. The van der Waals surface area contributed by atoms with Gasteiger partial charge >= 0.3 is 0 Å². The van der Waals surface area contributed by atoms with Crippen molar-refractivity contribution < 1.29 is 8.42 Å². The third-order valence-electron chi connectivity index (χ3n) is 2.40. The molecule has 1 heterocycles. The van der Waals surface area contributed by atoms with Gasteiger partial charge in [0.25, 0.3) is 0 Å². The van der Waals surface area contributed by atoms with Crippen molar-refractivity contribution in [3.8, 4) is 0 Å². The molecule has 1 aromatic heterocycles. The summed E-state index contributed by atoms with van der Waals surface area (Å²) in [5.41, 5.74) is 0.927. The second kappa shape index (κ2) is 3.84. The van der Waals surface area contributed by atoms with Crippen molar-refractivity contribution >= 4 is 21.4 Å². The smallest absolute Gasteiger partial charge is 0.214 e. The van der Waals surface area contributed by atoms with Gasteiger partial charge in [-0.25, -0.2) is 18.1 Å². The second-order valence-electron chi connectivity index (χ2n) is 3.81. The number of aryl methyl sites for hydroxylation is 2. The molecule has 6 heteroatoms. The molecular weight excluding hydrogens is 232 g/mol. The van der Waals surface area contributed by atoms with Crippen LogP contribution in [0.25, 0.3) is 0 Å². The van der Waals surface area contributed by atoms with E-state index in [1.807, 2.05) is 13.8 Å². The third-order valence-corrected chi connectivity index (χ3v) is 5.37. The van der Waals surface area contributed by atoms with E-state index in [9.17, 15) is 8.42 Å². The summed E-state index contributed by atoms with van der Waals surface area (Å²) >= 11 is 1.55. The van der Waals surface area contributed by atoms with E-state index in [-0.39, 0.29) is 5.25 Å². The van der Waals surface area contributed by atoms with Gasteiger partial charge in [0, 0.05) is 11.4 Å². The van der Waals surface area contributed by atoms with Gasteiger partial charge in [0.15, 0.2) is 0 Å². The number of hydrogen-bond acceptors (Lipinski definition) is 4. The molecule has 0 radical (unpaired) electrons. The standard InChI is InChI=1S/C9H14N2O2S2/c1-6-9(14-7(2)11-6)5-10-15(12,13)8-3-4-8/h8,10H,3-5H2,1-2H3. The van der Waals surface area contributed by atoms with Crippen molar-refractivity contribution in [3.05, 3.63) is 15.6 Å². The van der Waals surface area contributed by atoms with Gasteiger partial charge in [0.2, 0.25) is 10.0 Å². The maximum Gasteiger partial charge on any atom is 0.214 e. The summed E-state index contributed by atoms with van der Waals surface area (Å²) in [5, 5.41) is 0.833. The molecule has 2 rings (SSSR count). The summed E-state index contributed by atoms with van der Waals surface area (Å²) in [6.07, 6.45) is 1.60. The van der Waals surface area contributed by atoms with E-state index >= 15 is 0 Å². The highest BCUT2D eigenvalue weighted by Crippen LogP contribution is 2.28. The highest BCUT2D eigenvalue weighted by Gasteiger charge is 2.35. The predicted octanol–water partition coefficient (Wildman–Crippen LogP) is 1.34. The zero-order chi connectivity index (χ0) is 11.1. The van der Waals surface area contributed by atoms with Crippen molar-refractivity contribution in [2.24, 2.45) is 0 Å². The molecule has 0 spiro atoms. The molecule has 84 valence electrons. The molecule has 0 aliphatic heterocycles. The average molecular weight is 246 g/mol. The van der Waals surface area contributed by atoms with Crippen molar-refractivity contribution in [2.45, 2.75) is 38.5 Å². The van der Waals surface area contributed by atoms with Crippen LogP contribution in [0.4, 0.5) is 0 Å².